The number of benzene rings is 1. The summed E-state index contributed by atoms with van der Waals surface area (Å²) < 4.78 is 4.96. The largest absolute Gasteiger partial charge is 0.504 e. The quantitative estimate of drug-likeness (QED) is 0.599. The number of nitrogens with one attached hydrogen (secondary N) is 1. The lowest BCUT2D eigenvalue weighted by atomic mass is 10.2. The van der Waals surface area contributed by atoms with Crippen LogP contribution in [-0.4, -0.2) is 41.7 Å². The van der Waals surface area contributed by atoms with E-state index in [0.717, 1.165) is 0 Å². The van der Waals surface area contributed by atoms with Crippen LogP contribution >= 0.6 is 11.6 Å². The second-order valence-electron chi connectivity index (χ2n) is 3.58. The highest BCUT2D eigenvalue weighted by atomic mass is 35.5. The van der Waals surface area contributed by atoms with Crippen molar-refractivity contribution in [1.82, 2.24) is 5.32 Å². The van der Waals surface area contributed by atoms with Crippen LogP contribution in [0.4, 0.5) is 0 Å². The van der Waals surface area contributed by atoms with Crippen molar-refractivity contribution in [2.24, 2.45) is 0 Å². The van der Waals surface area contributed by atoms with E-state index in [2.05, 4.69) is 5.32 Å². The maximum Gasteiger partial charge on any atom is 0.162 e. The number of rotatable bonds is 6. The molecular weight excluding hydrogens is 246 g/mol. The van der Waals surface area contributed by atoms with Gasteiger partial charge >= 0.3 is 0 Å². The molecule has 0 aromatic heterocycles. The molecule has 4 N–H and O–H groups in total. The van der Waals surface area contributed by atoms with Gasteiger partial charge in [0.25, 0.3) is 0 Å². The van der Waals surface area contributed by atoms with Gasteiger partial charge in [-0.3, -0.25) is 0 Å². The highest BCUT2D eigenvalue weighted by molar-refractivity contribution is 6.30. The Balaban J connectivity index is 2.67. The first-order valence-corrected chi connectivity index (χ1v) is 5.51. The molecule has 96 valence electrons. The van der Waals surface area contributed by atoms with Crippen LogP contribution in [0.3, 0.4) is 0 Å². The molecular formula is C11H16ClNO4. The van der Waals surface area contributed by atoms with E-state index >= 15 is 0 Å². The summed E-state index contributed by atoms with van der Waals surface area (Å²) in [7, 11) is 1.44. The van der Waals surface area contributed by atoms with E-state index in [9.17, 15) is 5.11 Å². The van der Waals surface area contributed by atoms with Crippen molar-refractivity contribution in [2.45, 2.75) is 12.6 Å². The van der Waals surface area contributed by atoms with Crippen molar-refractivity contribution in [3.63, 3.8) is 0 Å². The topological polar surface area (TPSA) is 82.0 Å². The summed E-state index contributed by atoms with van der Waals surface area (Å²) in [4.78, 5) is 0. The highest BCUT2D eigenvalue weighted by Gasteiger charge is 2.10. The molecule has 0 spiro atoms. The van der Waals surface area contributed by atoms with E-state index < -0.39 is 6.10 Å². The molecule has 5 nitrogen and oxygen atoms in total. The van der Waals surface area contributed by atoms with Crippen molar-refractivity contribution in [1.29, 1.82) is 0 Å². The fraction of sp³-hybridized carbons (Fsp3) is 0.455. The molecule has 0 fully saturated rings. The number of aliphatic hydroxyl groups excluding tert-OH is 2. The third-order valence-corrected chi connectivity index (χ3v) is 2.46. The zero-order valence-corrected chi connectivity index (χ0v) is 10.2. The minimum Gasteiger partial charge on any atom is -0.504 e. The lowest BCUT2D eigenvalue weighted by molar-refractivity contribution is 0.0942. The Bertz CT molecular complexity index is 373. The van der Waals surface area contributed by atoms with Crippen molar-refractivity contribution in [3.05, 3.63) is 22.7 Å². The van der Waals surface area contributed by atoms with Gasteiger partial charge in [-0.25, -0.2) is 0 Å². The van der Waals surface area contributed by atoms with Crippen LogP contribution in [0.5, 0.6) is 11.5 Å². The summed E-state index contributed by atoms with van der Waals surface area (Å²) in [5, 5.41) is 30.9. The van der Waals surface area contributed by atoms with Crippen molar-refractivity contribution in [3.8, 4) is 11.5 Å². The highest BCUT2D eigenvalue weighted by Crippen LogP contribution is 2.33. The summed E-state index contributed by atoms with van der Waals surface area (Å²) in [5.74, 6) is 0.319. The SMILES string of the molecule is COc1cc(Cl)cc(CNCC(O)CO)c1O. The molecule has 1 aromatic carbocycles. The number of ether oxygens (including phenoxy) is 1. The summed E-state index contributed by atoms with van der Waals surface area (Å²) in [6.45, 7) is 0.239. The third-order valence-electron chi connectivity index (χ3n) is 2.24. The number of phenolic OH excluding ortho intramolecular Hbond substituents is 1. The molecule has 0 saturated heterocycles. The van der Waals surface area contributed by atoms with E-state index in [1.807, 2.05) is 0 Å². The predicted molar refractivity (Wildman–Crippen MR) is 64.5 cm³/mol. The summed E-state index contributed by atoms with van der Waals surface area (Å²) in [6, 6.07) is 3.13. The molecule has 1 unspecified atom stereocenters. The fourth-order valence-corrected chi connectivity index (χ4v) is 1.59. The van der Waals surface area contributed by atoms with Gasteiger partial charge < -0.3 is 25.4 Å². The number of phenols is 1. The van der Waals surface area contributed by atoms with Gasteiger partial charge in [0.15, 0.2) is 11.5 Å². The summed E-state index contributed by atoms with van der Waals surface area (Å²) >= 11 is 5.86. The van der Waals surface area contributed by atoms with Crippen molar-refractivity contribution < 1.29 is 20.1 Å². The van der Waals surface area contributed by atoms with E-state index in [-0.39, 0.29) is 18.9 Å². The third kappa shape index (κ3) is 4.05. The van der Waals surface area contributed by atoms with Gasteiger partial charge in [0.05, 0.1) is 19.8 Å². The summed E-state index contributed by atoms with van der Waals surface area (Å²) in [5.41, 5.74) is 0.569. The first kappa shape index (κ1) is 14.1. The lowest BCUT2D eigenvalue weighted by Crippen LogP contribution is -2.28. The Labute approximate surface area is 105 Å². The number of hydrogen-bond acceptors (Lipinski definition) is 5. The standard InChI is InChI=1S/C11H16ClNO4/c1-17-10-3-8(12)2-7(11(10)16)4-13-5-9(15)6-14/h2-3,9,13-16H,4-6H2,1H3. The van der Waals surface area contributed by atoms with Crippen LogP contribution in [0.2, 0.25) is 5.02 Å². The molecule has 0 aliphatic carbocycles. The number of methoxy groups -OCH3 is 1. The second kappa shape index (κ2) is 6.66. The number of aliphatic hydroxyl groups is 2. The van der Waals surface area contributed by atoms with Gasteiger partial charge in [0, 0.05) is 29.7 Å². The molecule has 6 heteroatoms. The Hall–Kier alpha value is -1.01. The van der Waals surface area contributed by atoms with E-state index in [0.29, 0.717) is 22.9 Å². The molecule has 0 aliphatic rings. The minimum absolute atomic E-state index is 0.0166. The van der Waals surface area contributed by atoms with Crippen LogP contribution in [-0.2, 0) is 6.54 Å². The smallest absolute Gasteiger partial charge is 0.162 e. The van der Waals surface area contributed by atoms with E-state index in [4.69, 9.17) is 26.6 Å². The van der Waals surface area contributed by atoms with Gasteiger partial charge in [-0.05, 0) is 6.07 Å². The maximum absolute atomic E-state index is 9.80. The zero-order valence-electron chi connectivity index (χ0n) is 9.48. The molecule has 0 saturated carbocycles. The Morgan fingerprint density at radius 1 is 1.47 bits per heavy atom. The number of aromatic hydroxyl groups is 1. The Morgan fingerprint density at radius 3 is 2.76 bits per heavy atom. The van der Waals surface area contributed by atoms with Gasteiger partial charge in [0.1, 0.15) is 0 Å². The first-order valence-electron chi connectivity index (χ1n) is 5.13. The van der Waals surface area contributed by atoms with Gasteiger partial charge in [0.2, 0.25) is 0 Å². The lowest BCUT2D eigenvalue weighted by Gasteiger charge is -2.12. The van der Waals surface area contributed by atoms with Crippen LogP contribution < -0.4 is 10.1 Å². The molecule has 0 bridgehead atoms. The molecule has 0 radical (unpaired) electrons. The average molecular weight is 262 g/mol. The first-order chi connectivity index (χ1) is 8.08. The van der Waals surface area contributed by atoms with Crippen LogP contribution in [0, 0.1) is 0 Å². The van der Waals surface area contributed by atoms with Crippen LogP contribution in [0.15, 0.2) is 12.1 Å². The average Bonchev–Trinajstić information content (AvgIpc) is 2.32. The minimum atomic E-state index is -0.821. The Morgan fingerprint density at radius 2 is 2.18 bits per heavy atom. The van der Waals surface area contributed by atoms with Gasteiger partial charge in [-0.2, -0.15) is 0 Å². The molecule has 0 heterocycles. The molecule has 1 rings (SSSR count). The van der Waals surface area contributed by atoms with Crippen molar-refractivity contribution >= 4 is 11.6 Å². The summed E-state index contributed by atoms with van der Waals surface area (Å²) in [6.07, 6.45) is -0.821. The molecule has 0 aliphatic heterocycles. The zero-order chi connectivity index (χ0) is 12.8. The fourth-order valence-electron chi connectivity index (χ4n) is 1.36. The van der Waals surface area contributed by atoms with E-state index in [1.165, 1.54) is 13.2 Å². The van der Waals surface area contributed by atoms with Gasteiger partial charge in [-0.15, -0.1) is 0 Å². The van der Waals surface area contributed by atoms with Crippen LogP contribution in [0.1, 0.15) is 5.56 Å². The normalized spacial score (nSPS) is 12.5. The van der Waals surface area contributed by atoms with Gasteiger partial charge in [-0.1, -0.05) is 11.6 Å². The second-order valence-corrected chi connectivity index (χ2v) is 4.02. The van der Waals surface area contributed by atoms with Crippen LogP contribution in [0.25, 0.3) is 0 Å². The molecule has 1 atom stereocenters. The monoisotopic (exact) mass is 261 g/mol. The van der Waals surface area contributed by atoms with Crippen molar-refractivity contribution in [2.75, 3.05) is 20.3 Å². The number of hydrogen-bond donors (Lipinski definition) is 4. The molecule has 1 aromatic rings. The number of halogens is 1. The predicted octanol–water partition coefficient (Wildman–Crippen LogP) is 0.497. The van der Waals surface area contributed by atoms with E-state index in [1.54, 1.807) is 6.07 Å². The molecule has 0 amide bonds. The maximum atomic E-state index is 9.80. The Kier molecular flexibility index (Phi) is 5.50. The molecule has 17 heavy (non-hydrogen) atoms.